The van der Waals surface area contributed by atoms with Crippen LogP contribution in [0.15, 0.2) is 72.1 Å². The van der Waals surface area contributed by atoms with E-state index < -0.39 is 0 Å². The number of hydrogen-bond donors (Lipinski definition) is 1. The molecular formula is C19H14FN5O. The van der Waals surface area contributed by atoms with E-state index >= 15 is 0 Å². The van der Waals surface area contributed by atoms with Gasteiger partial charge in [-0.05, 0) is 23.8 Å². The van der Waals surface area contributed by atoms with Crippen molar-refractivity contribution < 1.29 is 8.81 Å². The molecule has 3 aromatic heterocycles. The Kier molecular flexibility index (Phi) is 4.34. The molecule has 6 nitrogen and oxygen atoms in total. The molecule has 4 aromatic rings. The predicted octanol–water partition coefficient (Wildman–Crippen LogP) is 3.94. The molecule has 0 atom stereocenters. The first-order chi connectivity index (χ1) is 12.8. The van der Waals surface area contributed by atoms with Crippen LogP contribution >= 0.6 is 0 Å². The molecule has 1 aromatic carbocycles. The van der Waals surface area contributed by atoms with E-state index in [1.165, 1.54) is 12.1 Å². The second-order valence-corrected chi connectivity index (χ2v) is 5.54. The molecule has 0 bridgehead atoms. The maximum atomic E-state index is 13.3. The van der Waals surface area contributed by atoms with E-state index in [1.807, 2.05) is 12.1 Å². The van der Waals surface area contributed by atoms with Gasteiger partial charge in [-0.1, -0.05) is 12.1 Å². The number of rotatable bonds is 5. The Balaban J connectivity index is 1.66. The van der Waals surface area contributed by atoms with Gasteiger partial charge >= 0.3 is 0 Å². The van der Waals surface area contributed by atoms with Crippen molar-refractivity contribution in [1.82, 2.24) is 19.9 Å². The van der Waals surface area contributed by atoms with E-state index in [4.69, 9.17) is 4.42 Å². The molecule has 3 heterocycles. The van der Waals surface area contributed by atoms with Crippen molar-refractivity contribution in [3.63, 3.8) is 0 Å². The predicted molar refractivity (Wildman–Crippen MR) is 94.5 cm³/mol. The lowest BCUT2D eigenvalue weighted by molar-refractivity contribution is 0.568. The van der Waals surface area contributed by atoms with Crippen LogP contribution in [0.25, 0.3) is 22.5 Å². The quantitative estimate of drug-likeness (QED) is 0.589. The topological polar surface area (TPSA) is 76.7 Å². The fourth-order valence-corrected chi connectivity index (χ4v) is 2.54. The summed E-state index contributed by atoms with van der Waals surface area (Å²) in [5.74, 6) is 0.153. The summed E-state index contributed by atoms with van der Waals surface area (Å²) in [6.07, 6.45) is 9.76. The van der Waals surface area contributed by atoms with Crippen molar-refractivity contribution in [3.8, 4) is 22.5 Å². The summed E-state index contributed by atoms with van der Waals surface area (Å²) in [5.41, 5.74) is 3.70. The van der Waals surface area contributed by atoms with E-state index in [9.17, 15) is 4.39 Å². The van der Waals surface area contributed by atoms with Crippen LogP contribution in [0.1, 0.15) is 5.56 Å². The van der Waals surface area contributed by atoms with Crippen molar-refractivity contribution in [2.24, 2.45) is 0 Å². The molecule has 0 aliphatic carbocycles. The van der Waals surface area contributed by atoms with E-state index in [1.54, 1.807) is 43.4 Å². The zero-order valence-electron chi connectivity index (χ0n) is 13.6. The molecular weight excluding hydrogens is 333 g/mol. The highest BCUT2D eigenvalue weighted by atomic mass is 19.1. The minimum Gasteiger partial charge on any atom is -0.472 e. The van der Waals surface area contributed by atoms with Gasteiger partial charge < -0.3 is 9.73 Å². The summed E-state index contributed by atoms with van der Waals surface area (Å²) in [6, 6.07) is 8.20. The molecule has 0 aliphatic heterocycles. The number of nitrogens with one attached hydrogen (secondary N) is 1. The van der Waals surface area contributed by atoms with Crippen molar-refractivity contribution in [3.05, 3.63) is 79.0 Å². The maximum Gasteiger partial charge on any atom is 0.223 e. The zero-order chi connectivity index (χ0) is 17.8. The Labute approximate surface area is 148 Å². The molecule has 0 aliphatic rings. The van der Waals surface area contributed by atoms with Crippen LogP contribution in [0.3, 0.4) is 0 Å². The van der Waals surface area contributed by atoms with Crippen LogP contribution in [0.4, 0.5) is 10.3 Å². The van der Waals surface area contributed by atoms with Crippen molar-refractivity contribution >= 4 is 5.95 Å². The summed E-state index contributed by atoms with van der Waals surface area (Å²) in [6.45, 7) is 0.410. The number of hydrogen-bond acceptors (Lipinski definition) is 6. The molecule has 0 fully saturated rings. The van der Waals surface area contributed by atoms with Gasteiger partial charge in [-0.2, -0.15) is 0 Å². The molecule has 1 N–H and O–H groups in total. The summed E-state index contributed by atoms with van der Waals surface area (Å²) in [7, 11) is 0. The average Bonchev–Trinajstić information content (AvgIpc) is 3.22. The van der Waals surface area contributed by atoms with Gasteiger partial charge in [0.25, 0.3) is 0 Å². The molecule has 0 spiro atoms. The highest BCUT2D eigenvalue weighted by Crippen LogP contribution is 2.29. The largest absolute Gasteiger partial charge is 0.472 e. The minimum absolute atomic E-state index is 0.276. The van der Waals surface area contributed by atoms with Gasteiger partial charge in [0.05, 0.1) is 30.1 Å². The van der Waals surface area contributed by atoms with E-state index in [0.29, 0.717) is 23.9 Å². The fourth-order valence-electron chi connectivity index (χ4n) is 2.54. The smallest absolute Gasteiger partial charge is 0.223 e. The SMILES string of the molecule is Fc1cccc(CNc2ncc(-c3cnccn3)c(-c3ccoc3)n2)c1. The van der Waals surface area contributed by atoms with E-state index in [-0.39, 0.29) is 5.82 Å². The van der Waals surface area contributed by atoms with E-state index in [2.05, 4.69) is 25.3 Å². The third kappa shape index (κ3) is 3.41. The van der Waals surface area contributed by atoms with Crippen LogP contribution < -0.4 is 5.32 Å². The zero-order valence-corrected chi connectivity index (χ0v) is 13.6. The summed E-state index contributed by atoms with van der Waals surface area (Å²) < 4.78 is 18.5. The van der Waals surface area contributed by atoms with Crippen molar-refractivity contribution in [2.75, 3.05) is 5.32 Å². The van der Waals surface area contributed by atoms with Crippen LogP contribution in [0.5, 0.6) is 0 Å². The number of aromatic nitrogens is 4. The second kappa shape index (κ2) is 7.10. The van der Waals surface area contributed by atoms with Gasteiger partial charge in [0.15, 0.2) is 0 Å². The molecule has 0 radical (unpaired) electrons. The Morgan fingerprint density at radius 3 is 2.81 bits per heavy atom. The first kappa shape index (κ1) is 15.9. The van der Waals surface area contributed by atoms with Crippen molar-refractivity contribution in [2.45, 2.75) is 6.54 Å². The number of furan rings is 1. The summed E-state index contributed by atoms with van der Waals surface area (Å²) >= 11 is 0. The Morgan fingerprint density at radius 2 is 2.04 bits per heavy atom. The lowest BCUT2D eigenvalue weighted by Gasteiger charge is -2.10. The monoisotopic (exact) mass is 347 g/mol. The molecule has 26 heavy (non-hydrogen) atoms. The number of benzene rings is 1. The first-order valence-corrected chi connectivity index (χ1v) is 7.94. The minimum atomic E-state index is -0.276. The molecule has 128 valence electrons. The molecule has 0 unspecified atom stereocenters. The van der Waals surface area contributed by atoms with Gasteiger partial charge in [-0.3, -0.25) is 9.97 Å². The first-order valence-electron chi connectivity index (χ1n) is 7.94. The summed E-state index contributed by atoms with van der Waals surface area (Å²) in [5, 5.41) is 3.11. The van der Waals surface area contributed by atoms with Crippen LogP contribution in [-0.4, -0.2) is 19.9 Å². The molecule has 0 amide bonds. The van der Waals surface area contributed by atoms with Gasteiger partial charge in [-0.15, -0.1) is 0 Å². The fraction of sp³-hybridized carbons (Fsp3) is 0.0526. The third-order valence-electron chi connectivity index (χ3n) is 3.76. The average molecular weight is 347 g/mol. The Bertz CT molecular complexity index is 1010. The summed E-state index contributed by atoms with van der Waals surface area (Å²) in [4.78, 5) is 17.3. The van der Waals surface area contributed by atoms with Gasteiger partial charge in [0, 0.05) is 36.3 Å². The molecule has 0 saturated carbocycles. The Morgan fingerprint density at radius 1 is 1.08 bits per heavy atom. The highest BCUT2D eigenvalue weighted by molar-refractivity contribution is 5.78. The van der Waals surface area contributed by atoms with Gasteiger partial charge in [0.2, 0.25) is 5.95 Å². The number of anilines is 1. The Hall–Kier alpha value is -3.61. The normalized spacial score (nSPS) is 10.7. The van der Waals surface area contributed by atoms with Crippen LogP contribution in [0, 0.1) is 5.82 Å². The van der Waals surface area contributed by atoms with Gasteiger partial charge in [0.1, 0.15) is 5.82 Å². The van der Waals surface area contributed by atoms with Crippen molar-refractivity contribution in [1.29, 1.82) is 0 Å². The molecule has 4 rings (SSSR count). The third-order valence-corrected chi connectivity index (χ3v) is 3.76. The van der Waals surface area contributed by atoms with Gasteiger partial charge in [-0.25, -0.2) is 14.4 Å². The lowest BCUT2D eigenvalue weighted by atomic mass is 10.1. The van der Waals surface area contributed by atoms with Crippen LogP contribution in [-0.2, 0) is 6.54 Å². The lowest BCUT2D eigenvalue weighted by Crippen LogP contribution is -2.05. The number of halogens is 1. The maximum absolute atomic E-state index is 13.3. The molecule has 0 saturated heterocycles. The number of nitrogens with zero attached hydrogens (tertiary/aromatic N) is 4. The standard InChI is InChI=1S/C19H14FN5O/c20-15-3-1-2-13(8-15)9-23-19-24-10-16(17-11-21-5-6-22-17)18(25-19)14-4-7-26-12-14/h1-8,10-12H,9H2,(H,23,24,25). The second-order valence-electron chi connectivity index (χ2n) is 5.54. The van der Waals surface area contributed by atoms with Crippen LogP contribution in [0.2, 0.25) is 0 Å². The van der Waals surface area contributed by atoms with E-state index in [0.717, 1.165) is 16.7 Å². The highest BCUT2D eigenvalue weighted by Gasteiger charge is 2.14. The molecule has 7 heteroatoms.